The first kappa shape index (κ1) is 15.2. The van der Waals surface area contributed by atoms with Crippen molar-refractivity contribution < 1.29 is 4.79 Å². The maximum absolute atomic E-state index is 13.4. The van der Waals surface area contributed by atoms with Gasteiger partial charge in [-0.05, 0) is 53.9 Å². The standard InChI is InChI=1S/C23H25NO/c25-22-20-11-5-3-9-18(20)16-23(13-6-1-7-14-23)21-19-10-4-2-8-17(19)12-15-24(21)22/h2-5,8-11,21H,1,6-7,12-16H2. The molecule has 5 rings (SSSR count). The zero-order valence-electron chi connectivity index (χ0n) is 14.7. The normalized spacial score (nSPS) is 24.2. The molecule has 2 nitrogen and oxygen atoms in total. The van der Waals surface area contributed by atoms with Crippen LogP contribution in [0.1, 0.15) is 65.2 Å². The number of nitrogens with zero attached hydrogens (tertiary/aromatic N) is 1. The van der Waals surface area contributed by atoms with E-state index >= 15 is 0 Å². The van der Waals surface area contributed by atoms with E-state index in [0.29, 0.717) is 0 Å². The fourth-order valence-corrected chi connectivity index (χ4v) is 5.67. The van der Waals surface area contributed by atoms with Gasteiger partial charge >= 0.3 is 0 Å². The first-order chi connectivity index (χ1) is 12.3. The zero-order valence-corrected chi connectivity index (χ0v) is 14.7. The lowest BCUT2D eigenvalue weighted by molar-refractivity contribution is 0.0234. The third kappa shape index (κ3) is 2.27. The summed E-state index contributed by atoms with van der Waals surface area (Å²) in [5.41, 5.74) is 5.27. The number of carbonyl (C=O) groups is 1. The van der Waals surface area contributed by atoms with E-state index in [1.807, 2.05) is 12.1 Å². The molecule has 2 aromatic rings. The van der Waals surface area contributed by atoms with E-state index in [4.69, 9.17) is 0 Å². The van der Waals surface area contributed by atoms with Crippen LogP contribution in [-0.4, -0.2) is 17.4 Å². The number of benzene rings is 2. The van der Waals surface area contributed by atoms with Crippen LogP contribution in [0.5, 0.6) is 0 Å². The van der Waals surface area contributed by atoms with Crippen LogP contribution in [0.4, 0.5) is 0 Å². The third-order valence-corrected chi connectivity index (χ3v) is 6.76. The fourth-order valence-electron chi connectivity index (χ4n) is 5.67. The summed E-state index contributed by atoms with van der Waals surface area (Å²) in [5, 5.41) is 0. The number of amides is 1. The van der Waals surface area contributed by atoms with Gasteiger partial charge in [0.15, 0.2) is 0 Å². The average molecular weight is 331 g/mol. The van der Waals surface area contributed by atoms with E-state index in [2.05, 4.69) is 41.3 Å². The second-order valence-corrected chi connectivity index (χ2v) is 8.11. The molecule has 1 unspecified atom stereocenters. The first-order valence-electron chi connectivity index (χ1n) is 9.75. The quantitative estimate of drug-likeness (QED) is 0.670. The molecule has 0 saturated heterocycles. The molecule has 1 atom stereocenters. The van der Waals surface area contributed by atoms with Gasteiger partial charge in [-0.1, -0.05) is 61.7 Å². The van der Waals surface area contributed by atoms with E-state index in [1.165, 1.54) is 48.8 Å². The molecule has 1 spiro atoms. The summed E-state index contributed by atoms with van der Waals surface area (Å²) < 4.78 is 0. The number of hydrogen-bond acceptors (Lipinski definition) is 1. The summed E-state index contributed by atoms with van der Waals surface area (Å²) in [5.74, 6) is 0.248. The van der Waals surface area contributed by atoms with Crippen molar-refractivity contribution in [3.05, 3.63) is 70.8 Å². The predicted molar refractivity (Wildman–Crippen MR) is 99.6 cm³/mol. The Morgan fingerprint density at radius 1 is 0.880 bits per heavy atom. The fraction of sp³-hybridized carbons (Fsp3) is 0.435. The van der Waals surface area contributed by atoms with Gasteiger partial charge in [0, 0.05) is 12.1 Å². The van der Waals surface area contributed by atoms with Crippen LogP contribution in [0.2, 0.25) is 0 Å². The van der Waals surface area contributed by atoms with Gasteiger partial charge in [0.1, 0.15) is 0 Å². The summed E-state index contributed by atoms with van der Waals surface area (Å²) in [4.78, 5) is 15.7. The highest BCUT2D eigenvalue weighted by atomic mass is 16.2. The maximum atomic E-state index is 13.4. The van der Waals surface area contributed by atoms with Crippen molar-refractivity contribution in [1.29, 1.82) is 0 Å². The number of hydrogen-bond donors (Lipinski definition) is 0. The molecule has 2 heteroatoms. The molecule has 2 aliphatic heterocycles. The van der Waals surface area contributed by atoms with Crippen LogP contribution in [0, 0.1) is 5.41 Å². The molecule has 2 heterocycles. The van der Waals surface area contributed by atoms with Gasteiger partial charge in [0.25, 0.3) is 5.91 Å². The number of fused-ring (bicyclic) bond motifs is 5. The van der Waals surface area contributed by atoms with E-state index in [1.54, 1.807) is 0 Å². The molecule has 0 radical (unpaired) electrons. The largest absolute Gasteiger partial charge is 0.331 e. The SMILES string of the molecule is O=C1c2ccccc2CC2(CCCCC2)C2c3ccccc3CCN12. The molecule has 1 saturated carbocycles. The van der Waals surface area contributed by atoms with Crippen LogP contribution < -0.4 is 0 Å². The van der Waals surface area contributed by atoms with Crippen LogP contribution in [0.15, 0.2) is 48.5 Å². The van der Waals surface area contributed by atoms with Gasteiger partial charge < -0.3 is 4.90 Å². The lowest BCUT2D eigenvalue weighted by atomic mass is 9.63. The minimum atomic E-state index is 0.205. The third-order valence-electron chi connectivity index (χ3n) is 6.76. The summed E-state index contributed by atoms with van der Waals surface area (Å²) >= 11 is 0. The molecule has 1 amide bonds. The Morgan fingerprint density at radius 2 is 1.60 bits per heavy atom. The zero-order chi connectivity index (χ0) is 16.9. The molecule has 1 fully saturated rings. The van der Waals surface area contributed by atoms with E-state index in [-0.39, 0.29) is 17.4 Å². The number of carbonyl (C=O) groups excluding carboxylic acids is 1. The van der Waals surface area contributed by atoms with E-state index < -0.39 is 0 Å². The first-order valence-corrected chi connectivity index (χ1v) is 9.75. The topological polar surface area (TPSA) is 20.3 Å². The van der Waals surface area contributed by atoms with Gasteiger partial charge in [-0.3, -0.25) is 4.79 Å². The number of rotatable bonds is 0. The van der Waals surface area contributed by atoms with Crippen molar-refractivity contribution in [2.75, 3.05) is 6.54 Å². The molecule has 2 aromatic carbocycles. The highest BCUT2D eigenvalue weighted by Gasteiger charge is 2.49. The van der Waals surface area contributed by atoms with Gasteiger partial charge in [-0.15, -0.1) is 0 Å². The lowest BCUT2D eigenvalue weighted by Crippen LogP contribution is -2.47. The highest BCUT2D eigenvalue weighted by Crippen LogP contribution is 2.54. The van der Waals surface area contributed by atoms with Crippen LogP contribution in [-0.2, 0) is 12.8 Å². The second kappa shape index (κ2) is 5.72. The molecule has 0 N–H and O–H groups in total. The van der Waals surface area contributed by atoms with Crippen molar-refractivity contribution in [1.82, 2.24) is 4.90 Å². The predicted octanol–water partition coefficient (Wildman–Crippen LogP) is 4.93. The maximum Gasteiger partial charge on any atom is 0.254 e. The van der Waals surface area contributed by atoms with Crippen LogP contribution in [0.3, 0.4) is 0 Å². The summed E-state index contributed by atoms with van der Waals surface area (Å²) in [6, 6.07) is 17.4. The summed E-state index contributed by atoms with van der Waals surface area (Å²) in [7, 11) is 0. The summed E-state index contributed by atoms with van der Waals surface area (Å²) in [6.07, 6.45) is 8.44. The Hall–Kier alpha value is -2.09. The Morgan fingerprint density at radius 3 is 2.44 bits per heavy atom. The Balaban J connectivity index is 1.73. The molecule has 3 aliphatic rings. The smallest absolute Gasteiger partial charge is 0.254 e. The highest BCUT2D eigenvalue weighted by molar-refractivity contribution is 5.96. The van der Waals surface area contributed by atoms with Crippen molar-refractivity contribution in [3.8, 4) is 0 Å². The van der Waals surface area contributed by atoms with Crippen LogP contribution >= 0.6 is 0 Å². The lowest BCUT2D eigenvalue weighted by Gasteiger charge is -2.49. The Kier molecular flexibility index (Phi) is 3.48. The van der Waals surface area contributed by atoms with Crippen molar-refractivity contribution in [2.24, 2.45) is 5.41 Å². The Bertz CT molecular complexity index is 818. The second-order valence-electron chi connectivity index (χ2n) is 8.11. The van der Waals surface area contributed by atoms with Crippen molar-refractivity contribution >= 4 is 5.91 Å². The van der Waals surface area contributed by atoms with Crippen molar-refractivity contribution in [3.63, 3.8) is 0 Å². The molecule has 1 aliphatic carbocycles. The van der Waals surface area contributed by atoms with Crippen molar-refractivity contribution in [2.45, 2.75) is 51.0 Å². The van der Waals surface area contributed by atoms with E-state index in [9.17, 15) is 4.79 Å². The molecule has 0 bridgehead atoms. The van der Waals surface area contributed by atoms with Gasteiger partial charge in [-0.2, -0.15) is 0 Å². The summed E-state index contributed by atoms with van der Waals surface area (Å²) in [6.45, 7) is 0.858. The molecular weight excluding hydrogens is 306 g/mol. The minimum absolute atomic E-state index is 0.205. The van der Waals surface area contributed by atoms with Gasteiger partial charge in [-0.25, -0.2) is 0 Å². The molecular formula is C23H25NO. The average Bonchev–Trinajstić information content (AvgIpc) is 2.76. The molecule has 25 heavy (non-hydrogen) atoms. The van der Waals surface area contributed by atoms with Gasteiger partial charge in [0.05, 0.1) is 6.04 Å². The molecule has 0 aromatic heterocycles. The van der Waals surface area contributed by atoms with Gasteiger partial charge in [0.2, 0.25) is 0 Å². The van der Waals surface area contributed by atoms with Crippen LogP contribution in [0.25, 0.3) is 0 Å². The monoisotopic (exact) mass is 331 g/mol. The minimum Gasteiger partial charge on any atom is -0.331 e. The Labute approximate surface area is 149 Å². The molecule has 128 valence electrons. The van der Waals surface area contributed by atoms with E-state index in [0.717, 1.165) is 24.9 Å².